The molecule has 0 saturated carbocycles. The second-order valence-electron chi connectivity index (χ2n) is 4.64. The number of halogens is 1. The molecule has 0 N–H and O–H groups in total. The van der Waals surface area contributed by atoms with Crippen molar-refractivity contribution in [2.75, 3.05) is 11.5 Å². The van der Waals surface area contributed by atoms with E-state index in [-0.39, 0.29) is 11.5 Å². The Balaban J connectivity index is 2.41. The lowest BCUT2D eigenvalue weighted by molar-refractivity contribution is 0.321. The van der Waals surface area contributed by atoms with Gasteiger partial charge in [-0.15, -0.1) is 11.6 Å². The van der Waals surface area contributed by atoms with Gasteiger partial charge in [0.25, 0.3) is 0 Å². The lowest BCUT2D eigenvalue weighted by Crippen LogP contribution is -2.33. The molecule has 4 nitrogen and oxygen atoms in total. The number of hydrogen-bond donors (Lipinski definition) is 0. The molecule has 1 atom stereocenters. The van der Waals surface area contributed by atoms with Crippen molar-refractivity contribution < 1.29 is 8.42 Å². The first-order valence-corrected chi connectivity index (χ1v) is 7.54. The topological polar surface area (TPSA) is 52.0 Å². The third-order valence-electron chi connectivity index (χ3n) is 3.25. The van der Waals surface area contributed by atoms with Gasteiger partial charge in [0.1, 0.15) is 0 Å². The minimum Gasteiger partial charge on any atom is -0.263 e. The Kier molecular flexibility index (Phi) is 2.78. The van der Waals surface area contributed by atoms with Crippen LogP contribution in [0.5, 0.6) is 0 Å². The maximum atomic E-state index is 11.5. The Labute approximate surface area is 101 Å². The van der Waals surface area contributed by atoms with E-state index in [1.54, 1.807) is 6.20 Å². The predicted molar refractivity (Wildman–Crippen MR) is 63.4 cm³/mol. The van der Waals surface area contributed by atoms with E-state index in [9.17, 15) is 8.42 Å². The van der Waals surface area contributed by atoms with Gasteiger partial charge in [0.05, 0.1) is 29.1 Å². The van der Waals surface area contributed by atoms with E-state index in [1.165, 1.54) is 0 Å². The van der Waals surface area contributed by atoms with Crippen LogP contribution in [0.25, 0.3) is 0 Å². The van der Waals surface area contributed by atoms with Gasteiger partial charge in [-0.25, -0.2) is 8.42 Å². The summed E-state index contributed by atoms with van der Waals surface area (Å²) >= 11 is 5.78. The van der Waals surface area contributed by atoms with Crippen LogP contribution in [0.1, 0.15) is 24.6 Å². The van der Waals surface area contributed by atoms with E-state index in [2.05, 4.69) is 5.10 Å². The summed E-state index contributed by atoms with van der Waals surface area (Å²) in [5.74, 6) is 0.831. The van der Waals surface area contributed by atoms with Crippen molar-refractivity contribution in [3.8, 4) is 0 Å². The highest BCUT2D eigenvalue weighted by atomic mass is 35.5. The number of rotatable bonds is 2. The maximum Gasteiger partial charge on any atom is 0.152 e. The number of sulfone groups is 1. The molecule has 16 heavy (non-hydrogen) atoms. The Bertz CT molecular complexity index is 509. The molecule has 1 aromatic heterocycles. The Morgan fingerprint density at radius 1 is 1.62 bits per heavy atom. The first kappa shape index (κ1) is 11.9. The number of aromatic nitrogens is 2. The summed E-state index contributed by atoms with van der Waals surface area (Å²) in [4.78, 5) is 0. The fraction of sp³-hybridized carbons (Fsp3) is 0.700. The van der Waals surface area contributed by atoms with Crippen molar-refractivity contribution in [1.29, 1.82) is 0 Å². The standard InChI is InChI=1S/C10H15ClN2O2S/c1-8-9(5-11)6-12-13(8)10(2)3-4-16(14,15)7-10/h6H,3-5,7H2,1-2H3. The normalized spacial score (nSPS) is 28.4. The zero-order chi connectivity index (χ0) is 12.0. The molecule has 0 aromatic carbocycles. The summed E-state index contributed by atoms with van der Waals surface area (Å²) in [6.45, 7) is 3.87. The molecule has 1 unspecified atom stereocenters. The molecular weight excluding hydrogens is 248 g/mol. The molecular formula is C10H15ClN2O2S. The Hall–Kier alpha value is -0.550. The van der Waals surface area contributed by atoms with Crippen molar-refractivity contribution >= 4 is 21.4 Å². The summed E-state index contributed by atoms with van der Waals surface area (Å²) in [7, 11) is -2.91. The fourth-order valence-electron chi connectivity index (χ4n) is 2.28. The molecule has 0 spiro atoms. The molecule has 1 saturated heterocycles. The maximum absolute atomic E-state index is 11.5. The van der Waals surface area contributed by atoms with Crippen molar-refractivity contribution in [1.82, 2.24) is 9.78 Å². The summed E-state index contributed by atoms with van der Waals surface area (Å²) < 4.78 is 24.9. The summed E-state index contributed by atoms with van der Waals surface area (Å²) in [6.07, 6.45) is 2.35. The van der Waals surface area contributed by atoms with Crippen molar-refractivity contribution in [3.05, 3.63) is 17.5 Å². The highest BCUT2D eigenvalue weighted by Crippen LogP contribution is 2.31. The third-order valence-corrected chi connectivity index (χ3v) is 5.43. The second kappa shape index (κ2) is 3.74. The van der Waals surface area contributed by atoms with E-state index in [0.717, 1.165) is 11.3 Å². The zero-order valence-corrected chi connectivity index (χ0v) is 11.0. The van der Waals surface area contributed by atoms with Crippen LogP contribution in [0.4, 0.5) is 0 Å². The molecule has 0 aliphatic carbocycles. The highest BCUT2D eigenvalue weighted by Gasteiger charge is 2.41. The van der Waals surface area contributed by atoms with Crippen LogP contribution < -0.4 is 0 Å². The minimum atomic E-state index is -2.91. The average molecular weight is 263 g/mol. The monoisotopic (exact) mass is 262 g/mol. The zero-order valence-electron chi connectivity index (χ0n) is 9.40. The molecule has 1 fully saturated rings. The van der Waals surface area contributed by atoms with Crippen LogP contribution in [-0.2, 0) is 21.3 Å². The van der Waals surface area contributed by atoms with Gasteiger partial charge >= 0.3 is 0 Å². The van der Waals surface area contributed by atoms with Gasteiger partial charge in [-0.2, -0.15) is 5.10 Å². The van der Waals surface area contributed by atoms with E-state index in [1.807, 2.05) is 18.5 Å². The van der Waals surface area contributed by atoms with Crippen LogP contribution in [-0.4, -0.2) is 29.7 Å². The van der Waals surface area contributed by atoms with Gasteiger partial charge in [-0.3, -0.25) is 4.68 Å². The van der Waals surface area contributed by atoms with Gasteiger partial charge in [0.2, 0.25) is 0 Å². The smallest absolute Gasteiger partial charge is 0.152 e. The molecule has 1 aliphatic heterocycles. The molecule has 2 heterocycles. The van der Waals surface area contributed by atoms with Gasteiger partial charge in [-0.05, 0) is 20.3 Å². The summed E-state index contributed by atoms with van der Waals surface area (Å²) in [5, 5.41) is 4.27. The van der Waals surface area contributed by atoms with Gasteiger partial charge in [-0.1, -0.05) is 0 Å². The van der Waals surface area contributed by atoms with Crippen molar-refractivity contribution in [3.63, 3.8) is 0 Å². The Morgan fingerprint density at radius 3 is 2.75 bits per heavy atom. The lowest BCUT2D eigenvalue weighted by Gasteiger charge is -2.24. The van der Waals surface area contributed by atoms with E-state index in [0.29, 0.717) is 12.3 Å². The van der Waals surface area contributed by atoms with Crippen LogP contribution in [0.15, 0.2) is 6.20 Å². The van der Waals surface area contributed by atoms with E-state index < -0.39 is 15.4 Å². The molecule has 6 heteroatoms. The first-order chi connectivity index (χ1) is 7.38. The third kappa shape index (κ3) is 1.86. The quantitative estimate of drug-likeness (QED) is 0.759. The number of nitrogens with zero attached hydrogens (tertiary/aromatic N) is 2. The van der Waals surface area contributed by atoms with Gasteiger partial charge in [0.15, 0.2) is 9.84 Å². The van der Waals surface area contributed by atoms with Crippen molar-refractivity contribution in [2.45, 2.75) is 31.7 Å². The number of hydrogen-bond acceptors (Lipinski definition) is 3. The van der Waals surface area contributed by atoms with Crippen LogP contribution in [0.3, 0.4) is 0 Å². The largest absolute Gasteiger partial charge is 0.263 e. The lowest BCUT2D eigenvalue weighted by atomic mass is 10.0. The SMILES string of the molecule is Cc1c(CCl)cnn1C1(C)CCS(=O)(=O)C1. The van der Waals surface area contributed by atoms with Gasteiger partial charge in [0, 0.05) is 11.3 Å². The van der Waals surface area contributed by atoms with Crippen LogP contribution >= 0.6 is 11.6 Å². The summed E-state index contributed by atoms with van der Waals surface area (Å²) in [6, 6.07) is 0. The van der Waals surface area contributed by atoms with E-state index in [4.69, 9.17) is 11.6 Å². The van der Waals surface area contributed by atoms with Gasteiger partial charge < -0.3 is 0 Å². The van der Waals surface area contributed by atoms with Crippen LogP contribution in [0, 0.1) is 6.92 Å². The minimum absolute atomic E-state index is 0.171. The van der Waals surface area contributed by atoms with E-state index >= 15 is 0 Å². The second-order valence-corrected chi connectivity index (χ2v) is 7.09. The first-order valence-electron chi connectivity index (χ1n) is 5.18. The molecule has 0 amide bonds. The average Bonchev–Trinajstić information content (AvgIpc) is 2.68. The molecule has 1 aliphatic rings. The Morgan fingerprint density at radius 2 is 2.31 bits per heavy atom. The highest BCUT2D eigenvalue weighted by molar-refractivity contribution is 7.91. The molecule has 2 rings (SSSR count). The predicted octanol–water partition coefficient (Wildman–Crippen LogP) is 1.46. The summed E-state index contributed by atoms with van der Waals surface area (Å²) in [5.41, 5.74) is 1.52. The number of alkyl halides is 1. The molecule has 0 bridgehead atoms. The fourth-order valence-corrected chi connectivity index (χ4v) is 4.65. The molecule has 0 radical (unpaired) electrons. The molecule has 1 aromatic rings. The van der Waals surface area contributed by atoms with Crippen LogP contribution in [0.2, 0.25) is 0 Å². The molecule has 90 valence electrons. The van der Waals surface area contributed by atoms with Crippen molar-refractivity contribution in [2.24, 2.45) is 0 Å².